The zero-order valence-corrected chi connectivity index (χ0v) is 15.0. The molecule has 0 spiro atoms. The van der Waals surface area contributed by atoms with Gasteiger partial charge in [-0.1, -0.05) is 12.1 Å². The minimum Gasteiger partial charge on any atom is -0.492 e. The largest absolute Gasteiger partial charge is 0.492 e. The van der Waals surface area contributed by atoms with Crippen LogP contribution in [-0.2, 0) is 0 Å². The molecule has 0 aliphatic heterocycles. The Hall–Kier alpha value is -3.22. The molecule has 0 aliphatic rings. The summed E-state index contributed by atoms with van der Waals surface area (Å²) in [5.41, 5.74) is 1.23. The number of amides is 1. The summed E-state index contributed by atoms with van der Waals surface area (Å²) in [5.74, 6) is -0.459. The Balaban J connectivity index is 1.65. The van der Waals surface area contributed by atoms with Crippen molar-refractivity contribution in [2.45, 2.75) is 6.92 Å². The van der Waals surface area contributed by atoms with Gasteiger partial charge in [0.25, 0.3) is 5.91 Å². The van der Waals surface area contributed by atoms with Gasteiger partial charge in [0.1, 0.15) is 29.7 Å². The maximum absolute atomic E-state index is 14.0. The van der Waals surface area contributed by atoms with E-state index in [1.807, 2.05) is 0 Å². The number of para-hydroxylation sites is 1. The van der Waals surface area contributed by atoms with Gasteiger partial charge >= 0.3 is 0 Å². The van der Waals surface area contributed by atoms with E-state index in [-0.39, 0.29) is 24.0 Å². The number of carbonyl (C=O) groups excluding carboxylic acids is 1. The Kier molecular flexibility index (Phi) is 5.49. The molecule has 0 radical (unpaired) electrons. The molecule has 0 aliphatic carbocycles. The van der Waals surface area contributed by atoms with Gasteiger partial charge < -0.3 is 9.64 Å². The Bertz CT molecular complexity index is 939. The summed E-state index contributed by atoms with van der Waals surface area (Å²) in [6, 6.07) is 11.9. The molecule has 2 aromatic carbocycles. The third-order valence-electron chi connectivity index (χ3n) is 4.18. The Morgan fingerprint density at radius 1 is 1.15 bits per heavy atom. The number of halogens is 2. The summed E-state index contributed by atoms with van der Waals surface area (Å²) in [7, 11) is 1.65. The van der Waals surface area contributed by atoms with Crippen LogP contribution in [0.25, 0.3) is 5.69 Å². The van der Waals surface area contributed by atoms with E-state index in [9.17, 15) is 13.6 Å². The van der Waals surface area contributed by atoms with Gasteiger partial charge in [-0.25, -0.2) is 13.5 Å². The van der Waals surface area contributed by atoms with Crippen molar-refractivity contribution < 1.29 is 18.3 Å². The number of aromatic nitrogens is 2. The maximum Gasteiger partial charge on any atom is 0.257 e. The number of hydrogen-bond donors (Lipinski definition) is 0. The Morgan fingerprint density at radius 2 is 1.85 bits per heavy atom. The molecule has 0 saturated carbocycles. The van der Waals surface area contributed by atoms with Crippen LogP contribution < -0.4 is 4.74 Å². The topological polar surface area (TPSA) is 47.4 Å². The minimum atomic E-state index is -0.413. The van der Waals surface area contributed by atoms with Crippen LogP contribution in [0.2, 0.25) is 0 Å². The first-order chi connectivity index (χ1) is 13.0. The average molecular weight is 371 g/mol. The summed E-state index contributed by atoms with van der Waals surface area (Å²) in [4.78, 5) is 14.2. The number of nitrogens with zero attached hydrogens (tertiary/aromatic N) is 3. The van der Waals surface area contributed by atoms with Crippen molar-refractivity contribution in [3.05, 3.63) is 77.6 Å². The molecule has 0 N–H and O–H groups in total. The highest BCUT2D eigenvalue weighted by molar-refractivity contribution is 5.95. The van der Waals surface area contributed by atoms with Crippen molar-refractivity contribution in [2.75, 3.05) is 20.2 Å². The first kappa shape index (κ1) is 18.6. The third kappa shape index (κ3) is 4.13. The van der Waals surface area contributed by atoms with Gasteiger partial charge in [-0.05, 0) is 43.3 Å². The molecule has 7 heteroatoms. The molecule has 0 atom stereocenters. The number of benzene rings is 2. The Labute approximate surface area is 155 Å². The molecular formula is C20H19F2N3O2. The van der Waals surface area contributed by atoms with E-state index in [1.165, 1.54) is 46.1 Å². The molecule has 0 bridgehead atoms. The van der Waals surface area contributed by atoms with Gasteiger partial charge in [-0.15, -0.1) is 0 Å². The molecule has 0 unspecified atom stereocenters. The zero-order valence-electron chi connectivity index (χ0n) is 15.0. The fourth-order valence-electron chi connectivity index (χ4n) is 2.62. The zero-order chi connectivity index (χ0) is 19.4. The molecule has 1 aromatic heterocycles. The van der Waals surface area contributed by atoms with Crippen molar-refractivity contribution in [2.24, 2.45) is 0 Å². The van der Waals surface area contributed by atoms with E-state index in [0.29, 0.717) is 23.6 Å². The summed E-state index contributed by atoms with van der Waals surface area (Å²) >= 11 is 0. The lowest BCUT2D eigenvalue weighted by Crippen LogP contribution is -2.31. The molecule has 0 fully saturated rings. The van der Waals surface area contributed by atoms with Crippen molar-refractivity contribution in [3.63, 3.8) is 0 Å². The van der Waals surface area contributed by atoms with E-state index in [4.69, 9.17) is 4.74 Å². The second-order valence-corrected chi connectivity index (χ2v) is 6.04. The summed E-state index contributed by atoms with van der Waals surface area (Å²) in [5, 5.41) is 4.15. The van der Waals surface area contributed by atoms with Crippen LogP contribution >= 0.6 is 0 Å². The summed E-state index contributed by atoms with van der Waals surface area (Å²) in [6.07, 6.45) is 1.43. The fraction of sp³-hybridized carbons (Fsp3) is 0.200. The lowest BCUT2D eigenvalue weighted by molar-refractivity contribution is 0.0773. The molecular weight excluding hydrogens is 352 g/mol. The quantitative estimate of drug-likeness (QED) is 0.665. The maximum atomic E-state index is 14.0. The molecule has 1 amide bonds. The first-order valence-corrected chi connectivity index (χ1v) is 8.40. The average Bonchev–Trinajstić information content (AvgIpc) is 3.04. The van der Waals surface area contributed by atoms with Gasteiger partial charge in [0.05, 0.1) is 24.0 Å². The van der Waals surface area contributed by atoms with Crippen LogP contribution in [-0.4, -0.2) is 40.8 Å². The van der Waals surface area contributed by atoms with Crippen LogP contribution in [0.4, 0.5) is 8.78 Å². The second-order valence-electron chi connectivity index (χ2n) is 6.04. The van der Waals surface area contributed by atoms with Gasteiger partial charge in [-0.3, -0.25) is 4.79 Å². The van der Waals surface area contributed by atoms with Crippen LogP contribution in [0.15, 0.2) is 54.7 Å². The SMILES string of the molecule is Cc1c(C(=O)N(C)CCOc2ccc(F)cc2)cnn1-c1ccccc1F. The summed E-state index contributed by atoms with van der Waals surface area (Å²) in [6.45, 7) is 2.31. The minimum absolute atomic E-state index is 0.238. The molecule has 3 rings (SSSR count). The highest BCUT2D eigenvalue weighted by Gasteiger charge is 2.19. The van der Waals surface area contributed by atoms with E-state index >= 15 is 0 Å². The Morgan fingerprint density at radius 3 is 2.56 bits per heavy atom. The van der Waals surface area contributed by atoms with Crippen LogP contribution in [0, 0.1) is 18.6 Å². The highest BCUT2D eigenvalue weighted by atomic mass is 19.1. The fourth-order valence-corrected chi connectivity index (χ4v) is 2.62. The van der Waals surface area contributed by atoms with E-state index in [2.05, 4.69) is 5.10 Å². The molecule has 1 heterocycles. The molecule has 27 heavy (non-hydrogen) atoms. The van der Waals surface area contributed by atoms with Crippen LogP contribution in [0.1, 0.15) is 16.1 Å². The summed E-state index contributed by atoms with van der Waals surface area (Å²) < 4.78 is 33.8. The van der Waals surface area contributed by atoms with Gasteiger partial charge in [0.15, 0.2) is 0 Å². The smallest absolute Gasteiger partial charge is 0.257 e. The predicted octanol–water partition coefficient (Wildman–Crippen LogP) is 3.61. The lowest BCUT2D eigenvalue weighted by Gasteiger charge is -2.17. The van der Waals surface area contributed by atoms with Crippen molar-refractivity contribution in [3.8, 4) is 11.4 Å². The van der Waals surface area contributed by atoms with E-state index in [0.717, 1.165) is 0 Å². The van der Waals surface area contributed by atoms with Gasteiger partial charge in [-0.2, -0.15) is 5.10 Å². The molecule has 0 saturated heterocycles. The second kappa shape index (κ2) is 7.99. The number of hydrogen-bond acceptors (Lipinski definition) is 3. The third-order valence-corrected chi connectivity index (χ3v) is 4.18. The highest BCUT2D eigenvalue weighted by Crippen LogP contribution is 2.18. The molecule has 3 aromatic rings. The van der Waals surface area contributed by atoms with Gasteiger partial charge in [0.2, 0.25) is 0 Å². The molecule has 140 valence electrons. The van der Waals surface area contributed by atoms with E-state index in [1.54, 1.807) is 32.2 Å². The molecule has 5 nitrogen and oxygen atoms in total. The normalized spacial score (nSPS) is 10.7. The number of carbonyl (C=O) groups is 1. The standard InChI is InChI=1S/C20H19F2N3O2/c1-14-17(13-23-25(14)19-6-4-3-5-18(19)22)20(26)24(2)11-12-27-16-9-7-15(21)8-10-16/h3-10,13H,11-12H2,1-2H3. The van der Waals surface area contributed by atoms with E-state index < -0.39 is 5.82 Å². The number of rotatable bonds is 6. The number of likely N-dealkylation sites (N-methyl/N-ethyl adjacent to an activating group) is 1. The lowest BCUT2D eigenvalue weighted by atomic mass is 10.2. The van der Waals surface area contributed by atoms with Gasteiger partial charge in [0, 0.05) is 7.05 Å². The van der Waals surface area contributed by atoms with Crippen molar-refractivity contribution >= 4 is 5.91 Å². The first-order valence-electron chi connectivity index (χ1n) is 8.40. The van der Waals surface area contributed by atoms with Crippen LogP contribution in [0.5, 0.6) is 5.75 Å². The predicted molar refractivity (Wildman–Crippen MR) is 97.1 cm³/mol. The number of ether oxygens (including phenoxy) is 1. The monoisotopic (exact) mass is 371 g/mol. The van der Waals surface area contributed by atoms with Crippen molar-refractivity contribution in [1.82, 2.24) is 14.7 Å². The van der Waals surface area contributed by atoms with Crippen molar-refractivity contribution in [1.29, 1.82) is 0 Å². The van der Waals surface area contributed by atoms with Crippen LogP contribution in [0.3, 0.4) is 0 Å².